The number of fused-ring (bicyclic) bond motifs is 1. The first-order valence-electron chi connectivity index (χ1n) is 10.8. The molecule has 2 amide bonds. The van der Waals surface area contributed by atoms with Gasteiger partial charge in [-0.15, -0.1) is 0 Å². The summed E-state index contributed by atoms with van der Waals surface area (Å²) in [4.78, 5) is 24.5. The molecule has 2 aromatic carbocycles. The van der Waals surface area contributed by atoms with Gasteiger partial charge in [0.15, 0.2) is 0 Å². The lowest BCUT2D eigenvalue weighted by molar-refractivity contribution is -0.120. The van der Waals surface area contributed by atoms with E-state index in [0.717, 1.165) is 41.5 Å². The predicted molar refractivity (Wildman–Crippen MR) is 124 cm³/mol. The average molecular weight is 456 g/mol. The molecule has 0 aromatic heterocycles. The fraction of sp³-hybridized carbons (Fsp3) is 0.417. The van der Waals surface area contributed by atoms with E-state index >= 15 is 0 Å². The second kappa shape index (κ2) is 7.92. The van der Waals surface area contributed by atoms with Gasteiger partial charge < -0.3 is 10.6 Å². The second-order valence-electron chi connectivity index (χ2n) is 9.50. The van der Waals surface area contributed by atoms with Gasteiger partial charge in [-0.2, -0.15) is 0 Å². The zero-order valence-corrected chi connectivity index (χ0v) is 19.6. The molecule has 32 heavy (non-hydrogen) atoms. The van der Waals surface area contributed by atoms with Crippen LogP contribution in [0.15, 0.2) is 36.4 Å². The Morgan fingerprint density at radius 2 is 1.91 bits per heavy atom. The first-order valence-corrected chi connectivity index (χ1v) is 12.6. The number of carbonyl (C=O) groups excluding carboxylic acids is 2. The lowest BCUT2D eigenvalue weighted by atomic mass is 9.73. The van der Waals surface area contributed by atoms with E-state index in [1.54, 1.807) is 12.1 Å². The molecular formula is C24H29N3O4S. The number of anilines is 1. The molecule has 1 fully saturated rings. The number of nitrogens with one attached hydrogen (secondary N) is 3. The third-order valence-electron chi connectivity index (χ3n) is 6.46. The van der Waals surface area contributed by atoms with Crippen molar-refractivity contribution in [1.82, 2.24) is 10.0 Å². The highest BCUT2D eigenvalue weighted by Gasteiger charge is 2.35. The summed E-state index contributed by atoms with van der Waals surface area (Å²) in [5.74, 6) is -0.650. The van der Waals surface area contributed by atoms with Crippen molar-refractivity contribution in [1.29, 1.82) is 0 Å². The van der Waals surface area contributed by atoms with Crippen LogP contribution in [0.4, 0.5) is 5.69 Å². The molecule has 2 unspecified atom stereocenters. The monoisotopic (exact) mass is 455 g/mol. The van der Waals surface area contributed by atoms with Crippen molar-refractivity contribution in [2.75, 3.05) is 18.1 Å². The van der Waals surface area contributed by atoms with E-state index in [1.165, 1.54) is 5.56 Å². The first-order chi connectivity index (χ1) is 14.9. The van der Waals surface area contributed by atoms with Crippen molar-refractivity contribution in [3.05, 3.63) is 64.2 Å². The fourth-order valence-electron chi connectivity index (χ4n) is 4.81. The Kier molecular flexibility index (Phi) is 5.53. The van der Waals surface area contributed by atoms with Crippen LogP contribution in [0.5, 0.6) is 0 Å². The number of amides is 2. The minimum Gasteiger partial charge on any atom is -0.378 e. The maximum absolute atomic E-state index is 12.3. The Balaban J connectivity index is 1.66. The molecule has 2 aromatic rings. The summed E-state index contributed by atoms with van der Waals surface area (Å²) in [6, 6.07) is 11.6. The van der Waals surface area contributed by atoms with E-state index < -0.39 is 15.9 Å². The minimum atomic E-state index is -3.63. The van der Waals surface area contributed by atoms with Gasteiger partial charge in [-0.3, -0.25) is 9.59 Å². The molecule has 2 atom stereocenters. The van der Waals surface area contributed by atoms with Crippen LogP contribution in [-0.2, 0) is 20.2 Å². The van der Waals surface area contributed by atoms with Crippen molar-refractivity contribution in [3.8, 4) is 0 Å². The van der Waals surface area contributed by atoms with Gasteiger partial charge in [0.25, 0.3) is 5.91 Å². The minimum absolute atomic E-state index is 0.0533. The van der Waals surface area contributed by atoms with E-state index in [1.807, 2.05) is 16.9 Å². The Labute approximate surface area is 189 Å². The van der Waals surface area contributed by atoms with Crippen LogP contribution in [-0.4, -0.2) is 33.0 Å². The van der Waals surface area contributed by atoms with Crippen LogP contribution in [0.1, 0.15) is 71.3 Å². The quantitative estimate of drug-likeness (QED) is 0.657. The lowest BCUT2D eigenvalue weighted by Crippen LogP contribution is -2.33. The van der Waals surface area contributed by atoms with Crippen molar-refractivity contribution < 1.29 is 18.0 Å². The zero-order valence-electron chi connectivity index (χ0n) is 18.8. The van der Waals surface area contributed by atoms with Crippen molar-refractivity contribution in [2.24, 2.45) is 0 Å². The number of aryl methyl sites for hydroxylation is 1. The van der Waals surface area contributed by atoms with Gasteiger partial charge >= 0.3 is 0 Å². The summed E-state index contributed by atoms with van der Waals surface area (Å²) in [7, 11) is -3.63. The normalized spacial score (nSPS) is 21.9. The van der Waals surface area contributed by atoms with E-state index in [4.69, 9.17) is 0 Å². The van der Waals surface area contributed by atoms with E-state index in [2.05, 4.69) is 43.5 Å². The van der Waals surface area contributed by atoms with E-state index in [-0.39, 0.29) is 23.3 Å². The van der Waals surface area contributed by atoms with Gasteiger partial charge in [0.05, 0.1) is 18.2 Å². The number of hydrogen-bond donors (Lipinski definition) is 3. The lowest BCUT2D eigenvalue weighted by Gasteiger charge is -2.39. The molecule has 0 aliphatic carbocycles. The molecule has 4 rings (SSSR count). The maximum Gasteiger partial charge on any atom is 0.264 e. The van der Waals surface area contributed by atoms with Gasteiger partial charge in [-0.25, -0.2) is 13.1 Å². The van der Waals surface area contributed by atoms with Crippen LogP contribution in [0.3, 0.4) is 0 Å². The third-order valence-corrected chi connectivity index (χ3v) is 7.02. The molecule has 1 saturated heterocycles. The SMILES string of the molecule is Cc1ccc(C2CCNC2=O)cc1C1CC(C)(C)c2cc(C(=O)NS(C)(=O)=O)ccc2N1. The molecule has 0 saturated carbocycles. The summed E-state index contributed by atoms with van der Waals surface area (Å²) >= 11 is 0. The predicted octanol–water partition coefficient (Wildman–Crippen LogP) is 3.12. The summed E-state index contributed by atoms with van der Waals surface area (Å²) in [6.45, 7) is 7.05. The van der Waals surface area contributed by atoms with E-state index in [9.17, 15) is 18.0 Å². The fourth-order valence-corrected chi connectivity index (χ4v) is 5.26. The summed E-state index contributed by atoms with van der Waals surface area (Å²) in [5, 5.41) is 6.51. The maximum atomic E-state index is 12.3. The number of rotatable bonds is 4. The molecule has 8 heteroatoms. The van der Waals surface area contributed by atoms with Crippen LogP contribution < -0.4 is 15.4 Å². The molecule has 3 N–H and O–H groups in total. The third kappa shape index (κ3) is 4.37. The Hall–Kier alpha value is -2.87. The smallest absolute Gasteiger partial charge is 0.264 e. The standard InChI is InChI=1S/C24H29N3O4S/c1-14-5-6-15(17-9-10-25-23(17)29)11-18(14)21-13-24(2,3)19-12-16(7-8-20(19)26-21)22(28)27-32(4,30)31/h5-8,11-12,17,21,26H,9-10,13H2,1-4H3,(H,25,29)(H,27,28). The molecule has 0 spiro atoms. The summed E-state index contributed by atoms with van der Waals surface area (Å²) in [5.41, 5.74) is 5.32. The highest BCUT2D eigenvalue weighted by molar-refractivity contribution is 7.89. The van der Waals surface area contributed by atoms with Crippen LogP contribution in [0, 0.1) is 6.92 Å². The molecule has 170 valence electrons. The number of hydrogen-bond acceptors (Lipinski definition) is 5. The molecule has 0 bridgehead atoms. The van der Waals surface area contributed by atoms with Crippen molar-refractivity contribution >= 4 is 27.5 Å². The van der Waals surface area contributed by atoms with Crippen LogP contribution in [0.2, 0.25) is 0 Å². The van der Waals surface area contributed by atoms with Crippen LogP contribution >= 0.6 is 0 Å². The van der Waals surface area contributed by atoms with Crippen molar-refractivity contribution in [2.45, 2.75) is 51.0 Å². The van der Waals surface area contributed by atoms with Gasteiger partial charge in [0.2, 0.25) is 15.9 Å². The largest absolute Gasteiger partial charge is 0.378 e. The highest BCUT2D eigenvalue weighted by Crippen LogP contribution is 2.45. The summed E-state index contributed by atoms with van der Waals surface area (Å²) < 4.78 is 24.9. The van der Waals surface area contributed by atoms with Gasteiger partial charge in [-0.05, 0) is 65.6 Å². The number of carbonyl (C=O) groups is 2. The molecular weight excluding hydrogens is 426 g/mol. The first kappa shape index (κ1) is 22.3. The number of benzene rings is 2. The van der Waals surface area contributed by atoms with Gasteiger partial charge in [-0.1, -0.05) is 32.0 Å². The molecule has 0 radical (unpaired) electrons. The average Bonchev–Trinajstić information content (AvgIpc) is 3.12. The van der Waals surface area contributed by atoms with Gasteiger partial charge in [0.1, 0.15) is 0 Å². The molecule has 2 aliphatic heterocycles. The Morgan fingerprint density at radius 1 is 1.16 bits per heavy atom. The molecule has 7 nitrogen and oxygen atoms in total. The zero-order chi connectivity index (χ0) is 23.3. The number of sulfonamides is 1. The molecule has 2 aliphatic rings. The summed E-state index contributed by atoms with van der Waals surface area (Å²) in [6.07, 6.45) is 2.56. The Bertz CT molecular complexity index is 1200. The van der Waals surface area contributed by atoms with E-state index in [0.29, 0.717) is 12.1 Å². The van der Waals surface area contributed by atoms with Crippen LogP contribution in [0.25, 0.3) is 0 Å². The van der Waals surface area contributed by atoms with Crippen molar-refractivity contribution in [3.63, 3.8) is 0 Å². The second-order valence-corrected chi connectivity index (χ2v) is 11.2. The van der Waals surface area contributed by atoms with Gasteiger partial charge in [0, 0.05) is 17.8 Å². The Morgan fingerprint density at radius 3 is 2.56 bits per heavy atom. The topological polar surface area (TPSA) is 104 Å². The molecule has 2 heterocycles. The highest BCUT2D eigenvalue weighted by atomic mass is 32.2.